The summed E-state index contributed by atoms with van der Waals surface area (Å²) in [5.41, 5.74) is 0. The maximum atomic E-state index is 12.0. The van der Waals surface area contributed by atoms with E-state index in [1.807, 2.05) is 12.1 Å². The van der Waals surface area contributed by atoms with Crippen LogP contribution in [0.2, 0.25) is 0 Å². The van der Waals surface area contributed by atoms with Crippen molar-refractivity contribution >= 4 is 11.9 Å². The predicted molar refractivity (Wildman–Crippen MR) is 77.8 cm³/mol. The zero-order valence-electron chi connectivity index (χ0n) is 12.9. The third-order valence-electron chi connectivity index (χ3n) is 4.05. The van der Waals surface area contributed by atoms with E-state index < -0.39 is 0 Å². The molecule has 2 atom stereocenters. The number of hydrogen-bond acceptors (Lipinski definition) is 4. The van der Waals surface area contributed by atoms with Crippen molar-refractivity contribution in [2.75, 3.05) is 20.7 Å². The number of methoxy groups -OCH3 is 1. The van der Waals surface area contributed by atoms with Gasteiger partial charge < -0.3 is 14.1 Å². The van der Waals surface area contributed by atoms with E-state index >= 15 is 0 Å². The first-order valence-electron chi connectivity index (χ1n) is 7.40. The number of esters is 1. The lowest BCUT2D eigenvalue weighted by Gasteiger charge is -2.15. The predicted octanol–water partition coefficient (Wildman–Crippen LogP) is 2.36. The van der Waals surface area contributed by atoms with Crippen molar-refractivity contribution in [3.05, 3.63) is 23.7 Å². The van der Waals surface area contributed by atoms with Gasteiger partial charge in [0.1, 0.15) is 11.5 Å². The van der Waals surface area contributed by atoms with Crippen molar-refractivity contribution in [2.45, 2.75) is 38.5 Å². The summed E-state index contributed by atoms with van der Waals surface area (Å²) < 4.78 is 10.3. The molecule has 21 heavy (non-hydrogen) atoms. The number of carbonyl (C=O) groups excluding carboxylic acids is 2. The van der Waals surface area contributed by atoms with Gasteiger partial charge in [-0.2, -0.15) is 0 Å². The summed E-state index contributed by atoms with van der Waals surface area (Å²) in [6, 6.07) is 3.98. The number of hydrogen-bond donors (Lipinski definition) is 0. The van der Waals surface area contributed by atoms with Crippen LogP contribution in [0, 0.1) is 5.92 Å². The van der Waals surface area contributed by atoms with E-state index in [9.17, 15) is 9.59 Å². The summed E-state index contributed by atoms with van der Waals surface area (Å²) in [5.74, 6) is 2.90. The van der Waals surface area contributed by atoms with Crippen LogP contribution in [0.25, 0.3) is 0 Å². The van der Waals surface area contributed by atoms with Gasteiger partial charge in [-0.05, 0) is 24.5 Å². The average Bonchev–Trinajstić information content (AvgIpc) is 3.02. The molecular weight excluding hydrogens is 270 g/mol. The lowest BCUT2D eigenvalue weighted by Crippen LogP contribution is -2.29. The summed E-state index contributed by atoms with van der Waals surface area (Å²) in [6.45, 7) is 2.60. The Morgan fingerprint density at radius 1 is 1.38 bits per heavy atom. The molecule has 0 bridgehead atoms. The molecule has 1 aliphatic rings. The van der Waals surface area contributed by atoms with Crippen LogP contribution in [0.15, 0.2) is 16.5 Å². The Kier molecular flexibility index (Phi) is 5.04. The highest BCUT2D eigenvalue weighted by atomic mass is 16.5. The molecule has 0 spiro atoms. The maximum absolute atomic E-state index is 12.0. The molecule has 0 radical (unpaired) electrons. The van der Waals surface area contributed by atoms with Gasteiger partial charge in [0.2, 0.25) is 5.91 Å². The van der Waals surface area contributed by atoms with Crippen LogP contribution in [-0.4, -0.2) is 37.5 Å². The fourth-order valence-corrected chi connectivity index (χ4v) is 2.35. The summed E-state index contributed by atoms with van der Waals surface area (Å²) in [6.07, 6.45) is 2.42. The van der Waals surface area contributed by atoms with Gasteiger partial charge >= 0.3 is 5.97 Å². The molecule has 116 valence electrons. The number of ether oxygens (including phenoxy) is 1. The lowest BCUT2D eigenvalue weighted by atomic mass is 10.2. The highest BCUT2D eigenvalue weighted by Crippen LogP contribution is 2.47. The second kappa shape index (κ2) is 6.78. The highest BCUT2D eigenvalue weighted by molar-refractivity contribution is 5.77. The standard InChI is InChI=1S/C16H23NO4/c1-11-10-13(11)14-6-4-12(21-14)5-7-15(18)17(2)9-8-16(19)20-3/h4,6,11,13H,5,7-10H2,1-3H3. The Bertz CT molecular complexity index is 508. The first-order valence-corrected chi connectivity index (χ1v) is 7.40. The summed E-state index contributed by atoms with van der Waals surface area (Å²) in [5, 5.41) is 0. The summed E-state index contributed by atoms with van der Waals surface area (Å²) in [7, 11) is 3.05. The molecule has 1 aromatic rings. The Morgan fingerprint density at radius 2 is 2.10 bits per heavy atom. The maximum Gasteiger partial charge on any atom is 0.307 e. The zero-order chi connectivity index (χ0) is 15.4. The molecular formula is C16H23NO4. The van der Waals surface area contributed by atoms with E-state index in [0.29, 0.717) is 25.3 Å². The number of aryl methyl sites for hydroxylation is 1. The molecule has 0 saturated heterocycles. The van der Waals surface area contributed by atoms with Crippen LogP contribution in [0.4, 0.5) is 0 Å². The molecule has 1 saturated carbocycles. The molecule has 0 N–H and O–H groups in total. The molecule has 1 fully saturated rings. The van der Waals surface area contributed by atoms with E-state index in [1.54, 1.807) is 11.9 Å². The van der Waals surface area contributed by atoms with Gasteiger partial charge in [0, 0.05) is 32.4 Å². The van der Waals surface area contributed by atoms with Crippen molar-refractivity contribution in [3.8, 4) is 0 Å². The monoisotopic (exact) mass is 293 g/mol. The summed E-state index contributed by atoms with van der Waals surface area (Å²) >= 11 is 0. The van der Waals surface area contributed by atoms with Crippen LogP contribution in [-0.2, 0) is 20.7 Å². The first kappa shape index (κ1) is 15.6. The minimum Gasteiger partial charge on any atom is -0.469 e. The van der Waals surface area contributed by atoms with E-state index in [0.717, 1.165) is 17.4 Å². The molecule has 5 heteroatoms. The molecule has 1 amide bonds. The number of nitrogens with zero attached hydrogens (tertiary/aromatic N) is 1. The van der Waals surface area contributed by atoms with Crippen molar-refractivity contribution < 1.29 is 18.7 Å². The van der Waals surface area contributed by atoms with Crippen LogP contribution in [0.5, 0.6) is 0 Å². The van der Waals surface area contributed by atoms with Crippen molar-refractivity contribution in [1.82, 2.24) is 4.90 Å². The van der Waals surface area contributed by atoms with Gasteiger partial charge in [-0.3, -0.25) is 9.59 Å². The fraction of sp³-hybridized carbons (Fsp3) is 0.625. The SMILES string of the molecule is COC(=O)CCN(C)C(=O)CCc1ccc(C2CC2C)o1. The normalized spacial score (nSPS) is 20.1. The Hall–Kier alpha value is -1.78. The Balaban J connectivity index is 1.73. The number of furan rings is 1. The lowest BCUT2D eigenvalue weighted by molar-refractivity contribution is -0.141. The third kappa shape index (κ3) is 4.34. The largest absolute Gasteiger partial charge is 0.469 e. The smallest absolute Gasteiger partial charge is 0.307 e. The number of carbonyl (C=O) groups is 2. The van der Waals surface area contributed by atoms with E-state index in [1.165, 1.54) is 13.5 Å². The first-order chi connectivity index (χ1) is 10.0. The van der Waals surface area contributed by atoms with Gasteiger partial charge in [-0.1, -0.05) is 6.92 Å². The molecule has 1 aliphatic carbocycles. The van der Waals surface area contributed by atoms with Crippen LogP contribution in [0.3, 0.4) is 0 Å². The van der Waals surface area contributed by atoms with Crippen LogP contribution < -0.4 is 0 Å². The van der Waals surface area contributed by atoms with E-state index in [4.69, 9.17) is 4.42 Å². The van der Waals surface area contributed by atoms with Gasteiger partial charge in [0.25, 0.3) is 0 Å². The quantitative estimate of drug-likeness (QED) is 0.724. The molecule has 0 aromatic carbocycles. The second-order valence-corrected chi connectivity index (χ2v) is 5.76. The average molecular weight is 293 g/mol. The fourth-order valence-electron chi connectivity index (χ4n) is 2.35. The third-order valence-corrected chi connectivity index (χ3v) is 4.05. The zero-order valence-corrected chi connectivity index (χ0v) is 12.9. The highest BCUT2D eigenvalue weighted by Gasteiger charge is 2.36. The Labute approximate surface area is 125 Å². The van der Waals surface area contributed by atoms with E-state index in [-0.39, 0.29) is 18.3 Å². The molecule has 1 heterocycles. The molecule has 1 aromatic heterocycles. The van der Waals surface area contributed by atoms with Gasteiger partial charge in [0.05, 0.1) is 13.5 Å². The topological polar surface area (TPSA) is 59.8 Å². The van der Waals surface area contributed by atoms with Gasteiger partial charge in [-0.15, -0.1) is 0 Å². The van der Waals surface area contributed by atoms with E-state index in [2.05, 4.69) is 11.7 Å². The van der Waals surface area contributed by atoms with Crippen LogP contribution in [0.1, 0.15) is 43.6 Å². The Morgan fingerprint density at radius 3 is 2.71 bits per heavy atom. The number of amides is 1. The molecule has 2 rings (SSSR count). The van der Waals surface area contributed by atoms with Crippen molar-refractivity contribution in [1.29, 1.82) is 0 Å². The van der Waals surface area contributed by atoms with Crippen molar-refractivity contribution in [3.63, 3.8) is 0 Å². The second-order valence-electron chi connectivity index (χ2n) is 5.76. The minimum absolute atomic E-state index is 0.0108. The van der Waals surface area contributed by atoms with Gasteiger partial charge in [-0.25, -0.2) is 0 Å². The summed E-state index contributed by atoms with van der Waals surface area (Å²) in [4.78, 5) is 24.6. The van der Waals surface area contributed by atoms with Crippen LogP contribution >= 0.6 is 0 Å². The van der Waals surface area contributed by atoms with Crippen molar-refractivity contribution in [2.24, 2.45) is 5.92 Å². The van der Waals surface area contributed by atoms with Gasteiger partial charge in [0.15, 0.2) is 0 Å². The molecule has 0 aliphatic heterocycles. The number of rotatable bonds is 7. The molecule has 5 nitrogen and oxygen atoms in total. The molecule has 2 unspecified atom stereocenters. The minimum atomic E-state index is -0.302.